The molecule has 23 heavy (non-hydrogen) atoms. The van der Waals surface area contributed by atoms with Crippen LogP contribution in [0.3, 0.4) is 0 Å². The molecule has 0 radical (unpaired) electrons. The molecule has 0 saturated heterocycles. The van der Waals surface area contributed by atoms with Crippen molar-refractivity contribution in [3.8, 4) is 0 Å². The van der Waals surface area contributed by atoms with Gasteiger partial charge in [-0.3, -0.25) is 4.79 Å². The van der Waals surface area contributed by atoms with Gasteiger partial charge in [-0.2, -0.15) is 0 Å². The topological polar surface area (TPSA) is 29.1 Å². The summed E-state index contributed by atoms with van der Waals surface area (Å²) < 4.78 is 0. The molecule has 2 nitrogen and oxygen atoms in total. The van der Waals surface area contributed by atoms with Gasteiger partial charge >= 0.3 is 0 Å². The van der Waals surface area contributed by atoms with E-state index in [0.29, 0.717) is 5.92 Å². The number of nitrogens with one attached hydrogen (secondary N) is 1. The van der Waals surface area contributed by atoms with E-state index >= 15 is 0 Å². The molecule has 1 amide bonds. The van der Waals surface area contributed by atoms with Gasteiger partial charge in [0.05, 0.1) is 6.04 Å². The molecule has 0 heterocycles. The molecule has 1 atom stereocenters. The molecule has 1 N–H and O–H groups in total. The van der Waals surface area contributed by atoms with Crippen molar-refractivity contribution in [2.75, 3.05) is 0 Å². The summed E-state index contributed by atoms with van der Waals surface area (Å²) in [5, 5.41) is 3.26. The maximum Gasteiger partial charge on any atom is 0.223 e. The van der Waals surface area contributed by atoms with Crippen LogP contribution in [0.25, 0.3) is 0 Å². The largest absolute Gasteiger partial charge is 0.345 e. The Morgan fingerprint density at radius 2 is 1.61 bits per heavy atom. The minimum Gasteiger partial charge on any atom is -0.345 e. The quantitative estimate of drug-likeness (QED) is 0.849. The molecular formula is C21H25NO. The molecule has 0 aliphatic heterocycles. The van der Waals surface area contributed by atoms with Crippen LogP contribution in [0.2, 0.25) is 0 Å². The summed E-state index contributed by atoms with van der Waals surface area (Å²) in [6.45, 7) is 6.50. The lowest BCUT2D eigenvalue weighted by Gasteiger charge is -2.22. The Labute approximate surface area is 138 Å². The van der Waals surface area contributed by atoms with Crippen LogP contribution in [-0.2, 0) is 4.79 Å². The third-order valence-corrected chi connectivity index (χ3v) is 4.67. The molecule has 1 saturated carbocycles. The number of hydrogen-bond acceptors (Lipinski definition) is 1. The maximum absolute atomic E-state index is 12.3. The fraction of sp³-hybridized carbons (Fsp3) is 0.381. The highest BCUT2D eigenvalue weighted by Crippen LogP contribution is 2.32. The Morgan fingerprint density at radius 3 is 2.17 bits per heavy atom. The van der Waals surface area contributed by atoms with Gasteiger partial charge in [-0.1, -0.05) is 62.4 Å². The van der Waals surface area contributed by atoms with Gasteiger partial charge in [-0.05, 0) is 47.9 Å². The van der Waals surface area contributed by atoms with Crippen LogP contribution in [0.5, 0.6) is 0 Å². The first-order valence-corrected chi connectivity index (χ1v) is 8.52. The predicted molar refractivity (Wildman–Crippen MR) is 94.4 cm³/mol. The highest BCUT2D eigenvalue weighted by atomic mass is 16.2. The van der Waals surface area contributed by atoms with Gasteiger partial charge in [0.25, 0.3) is 0 Å². The van der Waals surface area contributed by atoms with Gasteiger partial charge < -0.3 is 5.32 Å². The number of carbonyl (C=O) groups is 1. The molecule has 2 aromatic carbocycles. The molecule has 0 unspecified atom stereocenters. The molecule has 2 heteroatoms. The average Bonchev–Trinajstić information content (AvgIpc) is 3.38. The fourth-order valence-corrected chi connectivity index (χ4v) is 2.93. The van der Waals surface area contributed by atoms with Crippen molar-refractivity contribution in [1.82, 2.24) is 5.32 Å². The van der Waals surface area contributed by atoms with E-state index in [0.717, 1.165) is 18.4 Å². The minimum absolute atomic E-state index is 0.0643. The van der Waals surface area contributed by atoms with Crippen LogP contribution in [0.1, 0.15) is 60.9 Å². The van der Waals surface area contributed by atoms with E-state index in [1.165, 1.54) is 16.7 Å². The van der Waals surface area contributed by atoms with Crippen molar-refractivity contribution in [2.45, 2.75) is 45.6 Å². The Hall–Kier alpha value is -2.09. The SMILES string of the molecule is Cc1ccccc1[C@H](NC(=O)C1CC1)c1ccc(C(C)C)cc1. The van der Waals surface area contributed by atoms with Crippen molar-refractivity contribution in [2.24, 2.45) is 5.92 Å². The molecule has 0 spiro atoms. The smallest absolute Gasteiger partial charge is 0.223 e. The van der Waals surface area contributed by atoms with E-state index < -0.39 is 0 Å². The number of aryl methyl sites for hydroxylation is 1. The highest BCUT2D eigenvalue weighted by Gasteiger charge is 2.31. The Kier molecular flexibility index (Phi) is 4.51. The number of benzene rings is 2. The molecule has 0 bridgehead atoms. The second-order valence-corrected chi connectivity index (χ2v) is 6.89. The van der Waals surface area contributed by atoms with E-state index in [-0.39, 0.29) is 17.9 Å². The highest BCUT2D eigenvalue weighted by molar-refractivity contribution is 5.81. The Morgan fingerprint density at radius 1 is 1.00 bits per heavy atom. The molecule has 3 rings (SSSR count). The zero-order chi connectivity index (χ0) is 16.4. The van der Waals surface area contributed by atoms with Gasteiger partial charge in [-0.15, -0.1) is 0 Å². The standard InChI is InChI=1S/C21H25NO/c1-14(2)16-8-10-17(11-9-16)20(22-21(23)18-12-13-18)19-7-5-4-6-15(19)3/h4-11,14,18,20H,12-13H2,1-3H3,(H,22,23)/t20-/m1/s1. The number of rotatable bonds is 5. The molecule has 120 valence electrons. The van der Waals surface area contributed by atoms with Gasteiger partial charge in [0.15, 0.2) is 0 Å². The van der Waals surface area contributed by atoms with Crippen molar-refractivity contribution in [3.05, 3.63) is 70.8 Å². The Bertz CT molecular complexity index is 683. The van der Waals surface area contributed by atoms with Crippen molar-refractivity contribution in [1.29, 1.82) is 0 Å². The molecule has 1 fully saturated rings. The monoisotopic (exact) mass is 307 g/mol. The first-order valence-electron chi connectivity index (χ1n) is 8.52. The van der Waals surface area contributed by atoms with E-state index in [1.54, 1.807) is 0 Å². The third-order valence-electron chi connectivity index (χ3n) is 4.67. The fourth-order valence-electron chi connectivity index (χ4n) is 2.93. The van der Waals surface area contributed by atoms with Crippen LogP contribution >= 0.6 is 0 Å². The van der Waals surface area contributed by atoms with E-state index in [9.17, 15) is 4.79 Å². The summed E-state index contributed by atoms with van der Waals surface area (Å²) in [4.78, 5) is 12.3. The lowest BCUT2D eigenvalue weighted by Crippen LogP contribution is -2.30. The second kappa shape index (κ2) is 6.57. The lowest BCUT2D eigenvalue weighted by atomic mass is 9.92. The number of hydrogen-bond donors (Lipinski definition) is 1. The van der Waals surface area contributed by atoms with E-state index in [1.807, 2.05) is 12.1 Å². The van der Waals surface area contributed by atoms with E-state index in [4.69, 9.17) is 0 Å². The number of amides is 1. The summed E-state index contributed by atoms with van der Waals surface area (Å²) in [5.41, 5.74) is 4.86. The zero-order valence-electron chi connectivity index (χ0n) is 14.2. The van der Waals surface area contributed by atoms with Crippen LogP contribution in [-0.4, -0.2) is 5.91 Å². The Balaban J connectivity index is 1.93. The first-order chi connectivity index (χ1) is 11.1. The maximum atomic E-state index is 12.3. The molecule has 2 aromatic rings. The second-order valence-electron chi connectivity index (χ2n) is 6.89. The molecule has 1 aliphatic rings. The van der Waals surface area contributed by atoms with E-state index in [2.05, 4.69) is 62.5 Å². The van der Waals surface area contributed by atoms with Crippen LogP contribution in [0, 0.1) is 12.8 Å². The summed E-state index contributed by atoms with van der Waals surface area (Å²) in [6.07, 6.45) is 2.05. The predicted octanol–water partition coefficient (Wildman–Crippen LogP) is 4.73. The van der Waals surface area contributed by atoms with Gasteiger partial charge in [0.1, 0.15) is 0 Å². The van der Waals surface area contributed by atoms with Gasteiger partial charge in [0.2, 0.25) is 5.91 Å². The normalized spacial score (nSPS) is 15.5. The molecule has 1 aliphatic carbocycles. The summed E-state index contributed by atoms with van der Waals surface area (Å²) in [7, 11) is 0. The van der Waals surface area contributed by atoms with Crippen molar-refractivity contribution >= 4 is 5.91 Å². The van der Waals surface area contributed by atoms with Crippen molar-refractivity contribution < 1.29 is 4.79 Å². The van der Waals surface area contributed by atoms with Gasteiger partial charge in [-0.25, -0.2) is 0 Å². The lowest BCUT2D eigenvalue weighted by molar-refractivity contribution is -0.122. The van der Waals surface area contributed by atoms with Gasteiger partial charge in [0, 0.05) is 5.92 Å². The van der Waals surface area contributed by atoms with Crippen LogP contribution < -0.4 is 5.32 Å². The summed E-state index contributed by atoms with van der Waals surface area (Å²) >= 11 is 0. The zero-order valence-corrected chi connectivity index (χ0v) is 14.2. The number of carbonyl (C=O) groups excluding carboxylic acids is 1. The van der Waals surface area contributed by atoms with Crippen LogP contribution in [0.15, 0.2) is 48.5 Å². The third kappa shape index (κ3) is 3.64. The summed E-state index contributed by atoms with van der Waals surface area (Å²) in [5.74, 6) is 0.921. The molecule has 0 aromatic heterocycles. The van der Waals surface area contributed by atoms with Crippen LogP contribution in [0.4, 0.5) is 0 Å². The first kappa shape index (κ1) is 15.8. The minimum atomic E-state index is -0.0643. The molecular weight excluding hydrogens is 282 g/mol. The average molecular weight is 307 g/mol. The van der Waals surface area contributed by atoms with Crippen molar-refractivity contribution in [3.63, 3.8) is 0 Å². The summed E-state index contributed by atoms with van der Waals surface area (Å²) in [6, 6.07) is 16.9.